The standard InChI is InChI=1S/C37H52NO7P/c1-6-8-19-31(20-9-7-2)36(39)45-35(30-44-46(40,41)43-28-27-38(3,4)5)29-42-37(32-21-13-10-14-22-32,33-23-15-11-16-24-33)34-25-17-12-18-26-34/h10-18,21-26,31,35H,6-9,19-20,27-30H2,1-5H3/t35-/m1/s1. The summed E-state index contributed by atoms with van der Waals surface area (Å²) in [6.07, 6.45) is 4.12. The van der Waals surface area contributed by atoms with Crippen molar-refractivity contribution < 1.29 is 37.3 Å². The number of esters is 1. The van der Waals surface area contributed by atoms with E-state index in [-0.39, 0.29) is 25.1 Å². The van der Waals surface area contributed by atoms with Crippen LogP contribution in [0.2, 0.25) is 0 Å². The molecule has 0 aliphatic rings. The number of phosphoric acid groups is 1. The van der Waals surface area contributed by atoms with Gasteiger partial charge in [-0.1, -0.05) is 131 Å². The zero-order valence-corrected chi connectivity index (χ0v) is 29.0. The second-order valence-electron chi connectivity index (χ2n) is 12.7. The van der Waals surface area contributed by atoms with Crippen LogP contribution in [0.25, 0.3) is 0 Å². The molecule has 3 aromatic carbocycles. The van der Waals surface area contributed by atoms with Crippen molar-refractivity contribution in [2.24, 2.45) is 5.92 Å². The number of hydrogen-bond donors (Lipinski definition) is 0. The summed E-state index contributed by atoms with van der Waals surface area (Å²) in [7, 11) is 1.15. The number of benzene rings is 3. The molecule has 0 aromatic heterocycles. The summed E-state index contributed by atoms with van der Waals surface area (Å²) >= 11 is 0. The van der Waals surface area contributed by atoms with Crippen molar-refractivity contribution in [3.8, 4) is 0 Å². The highest BCUT2D eigenvalue weighted by atomic mass is 31.2. The molecule has 9 heteroatoms. The van der Waals surface area contributed by atoms with Crippen LogP contribution >= 0.6 is 7.82 Å². The SMILES string of the molecule is CCCCC(CCCC)C(=O)O[C@H](COC(c1ccccc1)(c1ccccc1)c1ccccc1)COP(=O)([O-])OCC[N+](C)(C)C. The first-order valence-corrected chi connectivity index (χ1v) is 17.9. The number of nitrogens with zero attached hydrogens (tertiary/aromatic N) is 1. The Morgan fingerprint density at radius 3 is 1.63 bits per heavy atom. The summed E-state index contributed by atoms with van der Waals surface area (Å²) in [4.78, 5) is 26.4. The maximum Gasteiger partial charge on any atom is 0.309 e. The van der Waals surface area contributed by atoms with Gasteiger partial charge in [0.1, 0.15) is 24.9 Å². The maximum atomic E-state index is 13.6. The lowest BCUT2D eigenvalue weighted by molar-refractivity contribution is -0.870. The summed E-state index contributed by atoms with van der Waals surface area (Å²) < 4.78 is 36.8. The first-order valence-electron chi connectivity index (χ1n) is 16.4. The number of carbonyl (C=O) groups is 1. The van der Waals surface area contributed by atoms with Crippen molar-refractivity contribution in [3.63, 3.8) is 0 Å². The fourth-order valence-corrected chi connectivity index (χ4v) is 6.01. The predicted molar refractivity (Wildman–Crippen MR) is 180 cm³/mol. The minimum absolute atomic E-state index is 0.0273. The van der Waals surface area contributed by atoms with E-state index in [1.807, 2.05) is 112 Å². The van der Waals surface area contributed by atoms with E-state index in [9.17, 15) is 14.3 Å². The Labute approximate surface area is 275 Å². The maximum absolute atomic E-state index is 13.6. The van der Waals surface area contributed by atoms with E-state index < -0.39 is 26.1 Å². The van der Waals surface area contributed by atoms with Crippen LogP contribution < -0.4 is 4.89 Å². The van der Waals surface area contributed by atoms with E-state index in [1.165, 1.54) is 0 Å². The van der Waals surface area contributed by atoms with Gasteiger partial charge in [-0.25, -0.2) is 0 Å². The Balaban J connectivity index is 1.96. The summed E-state index contributed by atoms with van der Waals surface area (Å²) in [5.41, 5.74) is 1.54. The monoisotopic (exact) mass is 653 g/mol. The van der Waals surface area contributed by atoms with Gasteiger partial charge in [-0.15, -0.1) is 0 Å². The molecule has 0 saturated carbocycles. The number of hydrogen-bond acceptors (Lipinski definition) is 7. The van der Waals surface area contributed by atoms with Gasteiger partial charge in [0.15, 0.2) is 0 Å². The van der Waals surface area contributed by atoms with Crippen molar-refractivity contribution in [1.82, 2.24) is 0 Å². The van der Waals surface area contributed by atoms with E-state index in [4.69, 9.17) is 18.5 Å². The van der Waals surface area contributed by atoms with Gasteiger partial charge in [-0.3, -0.25) is 9.36 Å². The van der Waals surface area contributed by atoms with Crippen LogP contribution in [0.5, 0.6) is 0 Å². The van der Waals surface area contributed by atoms with Crippen molar-refractivity contribution >= 4 is 13.8 Å². The molecule has 0 heterocycles. The Bertz CT molecular complexity index is 1230. The molecule has 0 amide bonds. The van der Waals surface area contributed by atoms with Crippen LogP contribution in [-0.4, -0.2) is 64.1 Å². The zero-order chi connectivity index (χ0) is 33.5. The lowest BCUT2D eigenvalue weighted by atomic mass is 9.80. The number of rotatable bonds is 21. The molecule has 0 radical (unpaired) electrons. The third-order valence-electron chi connectivity index (χ3n) is 7.89. The van der Waals surface area contributed by atoms with Gasteiger partial charge in [0, 0.05) is 0 Å². The van der Waals surface area contributed by atoms with E-state index in [1.54, 1.807) is 0 Å². The van der Waals surface area contributed by atoms with Gasteiger partial charge >= 0.3 is 5.97 Å². The molecule has 3 aromatic rings. The number of quaternary nitrogens is 1. The summed E-state index contributed by atoms with van der Waals surface area (Å²) in [5.74, 6) is -0.653. The summed E-state index contributed by atoms with van der Waals surface area (Å²) in [6.45, 7) is 4.07. The highest BCUT2D eigenvalue weighted by Crippen LogP contribution is 2.42. The Kier molecular flexibility index (Phi) is 15.1. The molecule has 0 saturated heterocycles. The van der Waals surface area contributed by atoms with Crippen LogP contribution in [-0.2, 0) is 33.5 Å². The normalized spacial score (nSPS) is 14.2. The lowest BCUT2D eigenvalue weighted by Gasteiger charge is -2.37. The zero-order valence-electron chi connectivity index (χ0n) is 28.1. The van der Waals surface area contributed by atoms with Gasteiger partial charge < -0.3 is 27.9 Å². The molecule has 1 unspecified atom stereocenters. The fourth-order valence-electron chi connectivity index (χ4n) is 5.28. The molecule has 0 N–H and O–H groups in total. The van der Waals surface area contributed by atoms with Crippen LogP contribution in [0.1, 0.15) is 69.1 Å². The number of carbonyl (C=O) groups excluding carboxylic acids is 1. The van der Waals surface area contributed by atoms with E-state index in [2.05, 4.69) is 13.8 Å². The van der Waals surface area contributed by atoms with E-state index in [0.717, 1.165) is 42.4 Å². The molecule has 0 bridgehead atoms. The molecule has 2 atom stereocenters. The van der Waals surface area contributed by atoms with Crippen molar-refractivity contribution in [2.75, 3.05) is 47.5 Å². The van der Waals surface area contributed by atoms with E-state index >= 15 is 0 Å². The largest absolute Gasteiger partial charge is 0.756 e. The van der Waals surface area contributed by atoms with Crippen LogP contribution in [0, 0.1) is 5.92 Å². The lowest BCUT2D eigenvalue weighted by Crippen LogP contribution is -2.39. The fraction of sp³-hybridized carbons (Fsp3) is 0.486. The van der Waals surface area contributed by atoms with Gasteiger partial charge in [-0.05, 0) is 29.5 Å². The Morgan fingerprint density at radius 1 is 0.761 bits per heavy atom. The average Bonchev–Trinajstić information content (AvgIpc) is 3.04. The highest BCUT2D eigenvalue weighted by Gasteiger charge is 2.39. The van der Waals surface area contributed by atoms with Gasteiger partial charge in [-0.2, -0.15) is 0 Å². The second-order valence-corrected chi connectivity index (χ2v) is 14.1. The van der Waals surface area contributed by atoms with E-state index in [0.29, 0.717) is 23.9 Å². The second kappa shape index (κ2) is 18.5. The minimum atomic E-state index is -4.68. The van der Waals surface area contributed by atoms with Crippen LogP contribution in [0.3, 0.4) is 0 Å². The average molecular weight is 654 g/mol. The predicted octanol–water partition coefficient (Wildman–Crippen LogP) is 7.11. The molecule has 8 nitrogen and oxygen atoms in total. The molecule has 252 valence electrons. The quantitative estimate of drug-likeness (QED) is 0.0524. The number of unbranched alkanes of at least 4 members (excludes halogenated alkanes) is 2. The first kappa shape index (κ1) is 37.6. The van der Waals surface area contributed by atoms with Crippen molar-refractivity contribution in [1.29, 1.82) is 0 Å². The van der Waals surface area contributed by atoms with Crippen molar-refractivity contribution in [2.45, 2.75) is 64.1 Å². The molecular formula is C37H52NO7P. The van der Waals surface area contributed by atoms with Gasteiger partial charge in [0.2, 0.25) is 0 Å². The molecule has 46 heavy (non-hydrogen) atoms. The molecule has 0 aliphatic carbocycles. The molecule has 0 aliphatic heterocycles. The highest BCUT2D eigenvalue weighted by molar-refractivity contribution is 7.45. The van der Waals surface area contributed by atoms with Gasteiger partial charge in [0.25, 0.3) is 7.82 Å². The first-order chi connectivity index (χ1) is 22.0. The van der Waals surface area contributed by atoms with Crippen LogP contribution in [0.15, 0.2) is 91.0 Å². The summed E-state index contributed by atoms with van der Waals surface area (Å²) in [5, 5.41) is 0. The number of likely N-dealkylation sites (N-methyl/N-ethyl adjacent to an activating group) is 1. The topological polar surface area (TPSA) is 94.1 Å². The minimum Gasteiger partial charge on any atom is -0.756 e. The molecule has 0 spiro atoms. The Morgan fingerprint density at radius 2 is 1.22 bits per heavy atom. The smallest absolute Gasteiger partial charge is 0.309 e. The summed E-state index contributed by atoms with van der Waals surface area (Å²) in [6, 6.07) is 29.5. The number of phosphoric ester groups is 1. The molecule has 0 fully saturated rings. The third kappa shape index (κ3) is 11.8. The van der Waals surface area contributed by atoms with Crippen molar-refractivity contribution in [3.05, 3.63) is 108 Å². The molecule has 3 rings (SSSR count). The molecular weight excluding hydrogens is 601 g/mol. The third-order valence-corrected chi connectivity index (χ3v) is 8.85. The number of ether oxygens (including phenoxy) is 2. The van der Waals surface area contributed by atoms with Gasteiger partial charge in [0.05, 0.1) is 40.3 Å². The Hall–Kier alpha value is -2.84. The van der Waals surface area contributed by atoms with Crippen LogP contribution in [0.4, 0.5) is 0 Å².